The van der Waals surface area contributed by atoms with Crippen molar-refractivity contribution in [3.63, 3.8) is 0 Å². The smallest absolute Gasteiger partial charge is 0.289 e. The van der Waals surface area contributed by atoms with Gasteiger partial charge in [-0.2, -0.15) is 5.10 Å². The van der Waals surface area contributed by atoms with E-state index < -0.39 is 11.8 Å². The van der Waals surface area contributed by atoms with Gasteiger partial charge in [0.1, 0.15) is 10.7 Å². The van der Waals surface area contributed by atoms with Gasteiger partial charge in [-0.05, 0) is 36.8 Å². The third-order valence-corrected chi connectivity index (χ3v) is 5.66. The van der Waals surface area contributed by atoms with E-state index in [1.165, 1.54) is 18.4 Å². The molecule has 0 aliphatic carbocycles. The number of nitrogens with zero attached hydrogens (tertiary/aromatic N) is 3. The number of benzene rings is 2. The highest BCUT2D eigenvalue weighted by Crippen LogP contribution is 2.28. The number of methoxy groups -OCH3 is 1. The van der Waals surface area contributed by atoms with Gasteiger partial charge in [0.15, 0.2) is 11.5 Å². The molecule has 10 heteroatoms. The Balaban J connectivity index is 1.38. The van der Waals surface area contributed by atoms with E-state index in [1.54, 1.807) is 34.5 Å². The predicted octanol–water partition coefficient (Wildman–Crippen LogP) is 3.87. The number of carbonyl (C=O) groups excluding carboxylic acids is 2. The van der Waals surface area contributed by atoms with Gasteiger partial charge in [-0.15, -0.1) is 11.3 Å². The minimum Gasteiger partial charge on any atom is -0.493 e. The zero-order chi connectivity index (χ0) is 23.9. The molecule has 9 nitrogen and oxygen atoms in total. The zero-order valence-corrected chi connectivity index (χ0v) is 19.5. The van der Waals surface area contributed by atoms with Crippen LogP contribution in [0, 0.1) is 0 Å². The Hall–Kier alpha value is -4.18. The van der Waals surface area contributed by atoms with Crippen LogP contribution in [0.3, 0.4) is 0 Å². The molecule has 0 saturated carbocycles. The maximum Gasteiger partial charge on any atom is 0.289 e. The molecule has 0 aliphatic rings. The number of aromatic nitrogens is 3. The van der Waals surface area contributed by atoms with Crippen molar-refractivity contribution in [2.75, 3.05) is 13.7 Å². The molecular formula is C24H23N5O4S. The van der Waals surface area contributed by atoms with Crippen LogP contribution in [-0.2, 0) is 0 Å². The second kappa shape index (κ2) is 10.6. The largest absolute Gasteiger partial charge is 0.493 e. The lowest BCUT2D eigenvalue weighted by atomic mass is 10.2. The molecule has 0 bridgehead atoms. The van der Waals surface area contributed by atoms with Gasteiger partial charge in [-0.1, -0.05) is 25.1 Å². The lowest BCUT2D eigenvalue weighted by molar-refractivity contribution is 0.0844. The molecule has 2 amide bonds. The molecule has 2 N–H and O–H groups in total. The number of thiazole rings is 1. The van der Waals surface area contributed by atoms with Crippen molar-refractivity contribution < 1.29 is 19.1 Å². The first-order valence-corrected chi connectivity index (χ1v) is 11.4. The van der Waals surface area contributed by atoms with Gasteiger partial charge < -0.3 is 9.47 Å². The molecule has 34 heavy (non-hydrogen) atoms. The third-order valence-electron chi connectivity index (χ3n) is 4.76. The van der Waals surface area contributed by atoms with Crippen LogP contribution in [-0.4, -0.2) is 40.3 Å². The fourth-order valence-corrected chi connectivity index (χ4v) is 3.83. The van der Waals surface area contributed by atoms with Crippen molar-refractivity contribution in [2.45, 2.75) is 13.3 Å². The maximum atomic E-state index is 12.5. The zero-order valence-electron chi connectivity index (χ0n) is 18.6. The number of rotatable bonds is 8. The summed E-state index contributed by atoms with van der Waals surface area (Å²) in [6.07, 6.45) is 4.39. The fraction of sp³-hybridized carbons (Fsp3) is 0.167. The Kier molecular flexibility index (Phi) is 7.19. The van der Waals surface area contributed by atoms with Crippen molar-refractivity contribution in [2.24, 2.45) is 0 Å². The van der Waals surface area contributed by atoms with E-state index in [-0.39, 0.29) is 5.69 Å². The van der Waals surface area contributed by atoms with Gasteiger partial charge >= 0.3 is 0 Å². The van der Waals surface area contributed by atoms with E-state index in [0.29, 0.717) is 28.7 Å². The van der Waals surface area contributed by atoms with Gasteiger partial charge in [-0.3, -0.25) is 20.4 Å². The van der Waals surface area contributed by atoms with E-state index in [0.717, 1.165) is 17.7 Å². The Morgan fingerprint density at radius 1 is 1.06 bits per heavy atom. The van der Waals surface area contributed by atoms with Crippen molar-refractivity contribution >= 4 is 23.2 Å². The van der Waals surface area contributed by atoms with Crippen molar-refractivity contribution in [1.29, 1.82) is 0 Å². The van der Waals surface area contributed by atoms with Crippen molar-refractivity contribution in [3.05, 3.63) is 77.6 Å². The van der Waals surface area contributed by atoms with Crippen LogP contribution in [0.4, 0.5) is 0 Å². The molecular weight excluding hydrogens is 454 g/mol. The number of hydrogen-bond donors (Lipinski definition) is 2. The molecule has 0 aliphatic heterocycles. The minimum absolute atomic E-state index is 0.189. The van der Waals surface area contributed by atoms with Crippen LogP contribution in [0.15, 0.2) is 66.3 Å². The number of hydrogen-bond acceptors (Lipinski definition) is 7. The van der Waals surface area contributed by atoms with Crippen LogP contribution in [0.25, 0.3) is 16.3 Å². The van der Waals surface area contributed by atoms with Crippen molar-refractivity contribution in [1.82, 2.24) is 25.6 Å². The molecule has 2 aromatic heterocycles. The summed E-state index contributed by atoms with van der Waals surface area (Å²) in [5.41, 5.74) is 7.00. The first-order chi connectivity index (χ1) is 16.6. The number of carbonyl (C=O) groups is 2. The molecule has 0 radical (unpaired) electrons. The molecule has 4 rings (SSSR count). The fourth-order valence-electron chi connectivity index (χ4n) is 3.06. The average molecular weight is 478 g/mol. The van der Waals surface area contributed by atoms with E-state index in [9.17, 15) is 9.59 Å². The molecule has 0 fully saturated rings. The van der Waals surface area contributed by atoms with E-state index in [1.807, 2.05) is 43.5 Å². The van der Waals surface area contributed by atoms with Crippen LogP contribution in [0.2, 0.25) is 0 Å². The van der Waals surface area contributed by atoms with Gasteiger partial charge in [-0.25, -0.2) is 9.67 Å². The minimum atomic E-state index is -0.527. The summed E-state index contributed by atoms with van der Waals surface area (Å²) in [7, 11) is 1.50. The van der Waals surface area contributed by atoms with Crippen LogP contribution < -0.4 is 20.3 Å². The number of hydrazine groups is 1. The van der Waals surface area contributed by atoms with E-state index in [4.69, 9.17) is 9.47 Å². The quantitative estimate of drug-likeness (QED) is 0.373. The summed E-state index contributed by atoms with van der Waals surface area (Å²) >= 11 is 1.31. The monoisotopic (exact) mass is 477 g/mol. The first-order valence-electron chi connectivity index (χ1n) is 10.6. The Bertz CT molecular complexity index is 1290. The highest BCUT2D eigenvalue weighted by atomic mass is 32.1. The standard InChI is InChI=1S/C24H23N5O4S/c1-3-11-33-20-10-9-16(12-21(20)32-2)22(30)27-28-23(31)19-15-34-24(26-19)17-13-25-29(14-17)18-7-5-4-6-8-18/h4-10,12-15H,3,11H2,1-2H3,(H,27,30)(H,28,31). The Morgan fingerprint density at radius 2 is 1.85 bits per heavy atom. The van der Waals surface area contributed by atoms with Gasteiger partial charge in [0, 0.05) is 22.7 Å². The normalized spacial score (nSPS) is 10.5. The van der Waals surface area contributed by atoms with Gasteiger partial charge in [0.2, 0.25) is 0 Å². The molecule has 0 spiro atoms. The molecule has 0 saturated heterocycles. The lowest BCUT2D eigenvalue weighted by Crippen LogP contribution is -2.41. The number of para-hydroxylation sites is 1. The second-order valence-corrected chi connectivity index (χ2v) is 8.03. The van der Waals surface area contributed by atoms with Crippen LogP contribution in [0.1, 0.15) is 34.2 Å². The number of amides is 2. The second-order valence-electron chi connectivity index (χ2n) is 7.17. The lowest BCUT2D eigenvalue weighted by Gasteiger charge is -2.12. The summed E-state index contributed by atoms with van der Waals surface area (Å²) in [6, 6.07) is 14.5. The molecule has 4 aromatic rings. The Labute approximate surface area is 200 Å². The highest BCUT2D eigenvalue weighted by molar-refractivity contribution is 7.13. The molecule has 0 unspecified atom stereocenters. The summed E-state index contributed by atoms with van der Waals surface area (Å²) in [4.78, 5) is 29.4. The Morgan fingerprint density at radius 3 is 2.62 bits per heavy atom. The van der Waals surface area contributed by atoms with E-state index >= 15 is 0 Å². The third kappa shape index (κ3) is 5.24. The van der Waals surface area contributed by atoms with E-state index in [2.05, 4.69) is 20.9 Å². The number of nitrogens with one attached hydrogen (secondary N) is 2. The average Bonchev–Trinajstić information content (AvgIpc) is 3.56. The summed E-state index contributed by atoms with van der Waals surface area (Å²) < 4.78 is 12.6. The van der Waals surface area contributed by atoms with Crippen molar-refractivity contribution in [3.8, 4) is 27.8 Å². The number of ether oxygens (including phenoxy) is 2. The maximum absolute atomic E-state index is 12.5. The molecule has 0 atom stereocenters. The molecule has 174 valence electrons. The van der Waals surface area contributed by atoms with Crippen LogP contribution in [0.5, 0.6) is 11.5 Å². The topological polar surface area (TPSA) is 107 Å². The summed E-state index contributed by atoms with van der Waals surface area (Å²) in [6.45, 7) is 2.54. The first kappa shape index (κ1) is 23.0. The summed E-state index contributed by atoms with van der Waals surface area (Å²) in [5.74, 6) is -0.0300. The SMILES string of the molecule is CCCOc1ccc(C(=O)NNC(=O)c2csc(-c3cnn(-c4ccccc4)c3)n2)cc1OC. The summed E-state index contributed by atoms with van der Waals surface area (Å²) in [5, 5.41) is 6.62. The highest BCUT2D eigenvalue weighted by Gasteiger charge is 2.16. The molecule has 2 heterocycles. The van der Waals surface area contributed by atoms with Crippen LogP contribution >= 0.6 is 11.3 Å². The predicted molar refractivity (Wildman–Crippen MR) is 128 cm³/mol. The van der Waals surface area contributed by atoms with Gasteiger partial charge in [0.05, 0.1) is 25.6 Å². The van der Waals surface area contributed by atoms with Gasteiger partial charge in [0.25, 0.3) is 11.8 Å². The molecule has 2 aromatic carbocycles.